The van der Waals surface area contributed by atoms with E-state index in [0.29, 0.717) is 0 Å². The molecular weight excluding hydrogens is 222 g/mol. The fourth-order valence-electron chi connectivity index (χ4n) is 1.25. The zero-order valence-corrected chi connectivity index (χ0v) is 9.51. The number of amides is 1. The number of carboxylic acids is 1. The van der Waals surface area contributed by atoms with Crippen LogP contribution in [-0.2, 0) is 16.0 Å². The van der Waals surface area contributed by atoms with Gasteiger partial charge in [0, 0.05) is 0 Å². The van der Waals surface area contributed by atoms with Crippen LogP contribution in [0.4, 0.5) is 0 Å². The van der Waals surface area contributed by atoms with Gasteiger partial charge >= 0.3 is 5.97 Å². The molecule has 1 rings (SSSR count). The minimum atomic E-state index is -1.56. The molecule has 3 N–H and O–H groups in total. The Labute approximate surface area is 99.1 Å². The topological polar surface area (TPSA) is 86.6 Å². The number of aryl methyl sites for hydroxylation is 1. The van der Waals surface area contributed by atoms with Gasteiger partial charge in [0.15, 0.2) is 6.10 Å². The molecule has 0 aliphatic carbocycles. The average molecular weight is 237 g/mol. The van der Waals surface area contributed by atoms with E-state index in [1.165, 1.54) is 0 Å². The van der Waals surface area contributed by atoms with Crippen LogP contribution < -0.4 is 5.32 Å². The first kappa shape index (κ1) is 13.2. The molecule has 17 heavy (non-hydrogen) atoms. The largest absolute Gasteiger partial charge is 0.479 e. The summed E-state index contributed by atoms with van der Waals surface area (Å²) in [5.41, 5.74) is 1.95. The number of aliphatic carboxylic acids is 1. The van der Waals surface area contributed by atoms with Crippen molar-refractivity contribution in [2.45, 2.75) is 19.4 Å². The maximum atomic E-state index is 11.4. The lowest BCUT2D eigenvalue weighted by Crippen LogP contribution is -2.37. The average Bonchev–Trinajstić information content (AvgIpc) is 2.29. The molecule has 5 heteroatoms. The number of carbonyl (C=O) groups is 2. The third kappa shape index (κ3) is 4.65. The summed E-state index contributed by atoms with van der Waals surface area (Å²) in [6.45, 7) is 1.67. The van der Waals surface area contributed by atoms with Crippen LogP contribution in [0.3, 0.4) is 0 Å². The highest BCUT2D eigenvalue weighted by molar-refractivity contribution is 5.79. The highest BCUT2D eigenvalue weighted by Crippen LogP contribution is 2.03. The standard InChI is InChI=1S/C12H15NO4/c1-8-2-4-9(5-3-8)6-11(15)13-7-10(14)12(16)17/h2-5,10,14H,6-7H2,1H3,(H,13,15)(H,16,17)/t10-/m0/s1. The lowest BCUT2D eigenvalue weighted by atomic mass is 10.1. The van der Waals surface area contributed by atoms with Crippen molar-refractivity contribution in [3.8, 4) is 0 Å². The Morgan fingerprint density at radius 3 is 2.41 bits per heavy atom. The lowest BCUT2D eigenvalue weighted by molar-refractivity contribution is -0.146. The summed E-state index contributed by atoms with van der Waals surface area (Å²) < 4.78 is 0. The Hall–Kier alpha value is -1.88. The number of hydrogen-bond acceptors (Lipinski definition) is 3. The molecule has 0 unspecified atom stereocenters. The fraction of sp³-hybridized carbons (Fsp3) is 0.333. The van der Waals surface area contributed by atoms with Crippen molar-refractivity contribution in [1.82, 2.24) is 5.32 Å². The van der Waals surface area contributed by atoms with Crippen molar-refractivity contribution < 1.29 is 19.8 Å². The van der Waals surface area contributed by atoms with Crippen LogP contribution in [0.15, 0.2) is 24.3 Å². The summed E-state index contributed by atoms with van der Waals surface area (Å²) >= 11 is 0. The molecule has 0 aliphatic rings. The molecular formula is C12H15NO4. The molecule has 0 saturated carbocycles. The minimum Gasteiger partial charge on any atom is -0.479 e. The Kier molecular flexibility index (Phi) is 4.66. The van der Waals surface area contributed by atoms with E-state index in [2.05, 4.69) is 5.32 Å². The van der Waals surface area contributed by atoms with Crippen LogP contribution in [0.1, 0.15) is 11.1 Å². The van der Waals surface area contributed by atoms with Gasteiger partial charge in [-0.2, -0.15) is 0 Å². The van der Waals surface area contributed by atoms with E-state index in [4.69, 9.17) is 10.2 Å². The van der Waals surface area contributed by atoms with Crippen LogP contribution in [-0.4, -0.2) is 34.7 Å². The van der Waals surface area contributed by atoms with Crippen LogP contribution >= 0.6 is 0 Å². The molecule has 0 saturated heterocycles. The molecule has 0 fully saturated rings. The van der Waals surface area contributed by atoms with E-state index in [-0.39, 0.29) is 18.9 Å². The van der Waals surface area contributed by atoms with E-state index in [1.807, 2.05) is 31.2 Å². The molecule has 5 nitrogen and oxygen atoms in total. The van der Waals surface area contributed by atoms with E-state index in [1.54, 1.807) is 0 Å². The van der Waals surface area contributed by atoms with Gasteiger partial charge in [-0.15, -0.1) is 0 Å². The minimum absolute atomic E-state index is 0.173. The third-order valence-electron chi connectivity index (χ3n) is 2.26. The SMILES string of the molecule is Cc1ccc(CC(=O)NC[C@H](O)C(=O)O)cc1. The van der Waals surface area contributed by atoms with Crippen LogP contribution in [0.2, 0.25) is 0 Å². The summed E-state index contributed by atoms with van der Waals surface area (Å²) in [7, 11) is 0. The number of carbonyl (C=O) groups excluding carboxylic acids is 1. The first-order valence-electron chi connectivity index (χ1n) is 5.22. The normalized spacial score (nSPS) is 11.9. The molecule has 0 radical (unpaired) electrons. The van der Waals surface area contributed by atoms with Gasteiger partial charge in [0.1, 0.15) is 0 Å². The van der Waals surface area contributed by atoms with Crippen LogP contribution in [0, 0.1) is 6.92 Å². The molecule has 0 aromatic heterocycles. The van der Waals surface area contributed by atoms with Gasteiger partial charge in [0.25, 0.3) is 0 Å². The van der Waals surface area contributed by atoms with Gasteiger partial charge in [0.05, 0.1) is 13.0 Å². The van der Waals surface area contributed by atoms with E-state index >= 15 is 0 Å². The Morgan fingerprint density at radius 2 is 1.88 bits per heavy atom. The second-order valence-electron chi connectivity index (χ2n) is 3.82. The van der Waals surface area contributed by atoms with Gasteiger partial charge < -0.3 is 15.5 Å². The molecule has 0 heterocycles. The maximum Gasteiger partial charge on any atom is 0.334 e. The molecule has 1 atom stereocenters. The second kappa shape index (κ2) is 6.00. The van der Waals surface area contributed by atoms with E-state index in [0.717, 1.165) is 11.1 Å². The van der Waals surface area contributed by atoms with Gasteiger partial charge in [0.2, 0.25) is 5.91 Å². The number of aliphatic hydroxyl groups is 1. The first-order valence-corrected chi connectivity index (χ1v) is 5.22. The van der Waals surface area contributed by atoms with Crippen molar-refractivity contribution in [2.24, 2.45) is 0 Å². The second-order valence-corrected chi connectivity index (χ2v) is 3.82. The van der Waals surface area contributed by atoms with Crippen LogP contribution in [0.5, 0.6) is 0 Å². The van der Waals surface area contributed by atoms with Crippen molar-refractivity contribution in [1.29, 1.82) is 0 Å². The van der Waals surface area contributed by atoms with Crippen LogP contribution in [0.25, 0.3) is 0 Å². The highest BCUT2D eigenvalue weighted by atomic mass is 16.4. The molecule has 1 aromatic rings. The number of benzene rings is 1. The predicted molar refractivity (Wildman–Crippen MR) is 61.5 cm³/mol. The quantitative estimate of drug-likeness (QED) is 0.678. The summed E-state index contributed by atoms with van der Waals surface area (Å²) in [4.78, 5) is 21.7. The Morgan fingerprint density at radius 1 is 1.29 bits per heavy atom. The summed E-state index contributed by atoms with van der Waals surface area (Å²) in [6.07, 6.45) is -1.39. The van der Waals surface area contributed by atoms with Crippen molar-refractivity contribution in [3.63, 3.8) is 0 Å². The van der Waals surface area contributed by atoms with E-state index in [9.17, 15) is 9.59 Å². The molecule has 0 spiro atoms. The zero-order valence-electron chi connectivity index (χ0n) is 9.51. The number of aliphatic hydroxyl groups excluding tert-OH is 1. The number of hydrogen-bond donors (Lipinski definition) is 3. The van der Waals surface area contributed by atoms with Gasteiger partial charge in [-0.1, -0.05) is 29.8 Å². The molecule has 1 aromatic carbocycles. The molecule has 1 amide bonds. The predicted octanol–water partition coefficient (Wildman–Crippen LogP) is 0.0992. The fourth-order valence-corrected chi connectivity index (χ4v) is 1.25. The summed E-state index contributed by atoms with van der Waals surface area (Å²) in [5.74, 6) is -1.66. The summed E-state index contributed by atoms with van der Waals surface area (Å²) in [6, 6.07) is 7.47. The first-order chi connectivity index (χ1) is 7.99. The van der Waals surface area contributed by atoms with Gasteiger partial charge in [-0.05, 0) is 12.5 Å². The lowest BCUT2D eigenvalue weighted by Gasteiger charge is -2.07. The maximum absolute atomic E-state index is 11.4. The third-order valence-corrected chi connectivity index (χ3v) is 2.26. The number of carboxylic acid groups (broad SMARTS) is 1. The number of rotatable bonds is 5. The van der Waals surface area contributed by atoms with Gasteiger partial charge in [-0.3, -0.25) is 4.79 Å². The Balaban J connectivity index is 2.39. The monoisotopic (exact) mass is 237 g/mol. The van der Waals surface area contributed by atoms with Gasteiger partial charge in [-0.25, -0.2) is 4.79 Å². The Bertz CT molecular complexity index is 399. The van der Waals surface area contributed by atoms with Crippen molar-refractivity contribution in [3.05, 3.63) is 35.4 Å². The molecule has 0 bridgehead atoms. The van der Waals surface area contributed by atoms with E-state index < -0.39 is 12.1 Å². The summed E-state index contributed by atoms with van der Waals surface area (Å²) in [5, 5.41) is 19.7. The van der Waals surface area contributed by atoms with Crippen molar-refractivity contribution >= 4 is 11.9 Å². The van der Waals surface area contributed by atoms with Crippen molar-refractivity contribution in [2.75, 3.05) is 6.54 Å². The molecule has 92 valence electrons. The highest BCUT2D eigenvalue weighted by Gasteiger charge is 2.13. The number of nitrogens with one attached hydrogen (secondary N) is 1. The molecule has 0 aliphatic heterocycles. The zero-order chi connectivity index (χ0) is 12.8. The smallest absolute Gasteiger partial charge is 0.334 e.